The average Bonchev–Trinajstić information content (AvgIpc) is 2.95. The van der Waals surface area contributed by atoms with Crippen molar-refractivity contribution in [3.05, 3.63) is 41.6 Å². The van der Waals surface area contributed by atoms with E-state index in [0.717, 1.165) is 25.0 Å². The fourth-order valence-corrected chi connectivity index (χ4v) is 3.30. The van der Waals surface area contributed by atoms with Crippen LogP contribution in [-0.4, -0.2) is 14.3 Å². The molecule has 0 spiro atoms. The van der Waals surface area contributed by atoms with Gasteiger partial charge in [-0.3, -0.25) is 5.43 Å². The molecule has 3 rings (SSSR count). The fraction of sp³-hybridized carbons (Fsp3) is 0.250. The zero-order chi connectivity index (χ0) is 12.6. The van der Waals surface area contributed by atoms with Crippen LogP contribution in [0.3, 0.4) is 0 Å². The quantitative estimate of drug-likeness (QED) is 0.789. The van der Waals surface area contributed by atoms with Gasteiger partial charge in [0.2, 0.25) is 0 Å². The highest BCUT2D eigenvalue weighted by atomic mass is 32.2. The minimum atomic E-state index is -3.53. The minimum Gasteiger partial charge on any atom is -0.304 e. The van der Waals surface area contributed by atoms with Gasteiger partial charge in [0.25, 0.3) is 10.0 Å². The third-order valence-corrected chi connectivity index (χ3v) is 4.35. The number of allylic oxidation sites excluding steroid dienone is 2. The number of hydrogen-bond donors (Lipinski definition) is 2. The van der Waals surface area contributed by atoms with Crippen molar-refractivity contribution in [2.45, 2.75) is 24.2 Å². The van der Waals surface area contributed by atoms with Crippen LogP contribution in [0.5, 0.6) is 0 Å². The Hall–Kier alpha value is -1.82. The number of fused-ring (bicyclic) bond motifs is 1. The average molecular weight is 263 g/mol. The normalized spacial score (nSPS) is 20.0. The Kier molecular flexibility index (Phi) is 2.59. The SMILES string of the molecule is O=S1(=O)N=C(NNC2=CCCC2)c2ccccc21. The molecule has 18 heavy (non-hydrogen) atoms. The molecular formula is C12H13N3O2S. The predicted molar refractivity (Wildman–Crippen MR) is 68.4 cm³/mol. The first-order valence-corrected chi connectivity index (χ1v) is 7.26. The van der Waals surface area contributed by atoms with E-state index in [1.165, 1.54) is 0 Å². The smallest absolute Gasteiger partial charge is 0.285 e. The van der Waals surface area contributed by atoms with E-state index >= 15 is 0 Å². The van der Waals surface area contributed by atoms with Crippen molar-refractivity contribution in [2.24, 2.45) is 4.40 Å². The molecule has 0 radical (unpaired) electrons. The lowest BCUT2D eigenvalue weighted by molar-refractivity contribution is 0.599. The second kappa shape index (κ2) is 4.13. The molecule has 0 fully saturated rings. The number of hydrazine groups is 1. The first-order chi connectivity index (χ1) is 8.67. The second-order valence-electron chi connectivity index (χ2n) is 4.28. The Bertz CT molecular complexity index is 647. The summed E-state index contributed by atoms with van der Waals surface area (Å²) >= 11 is 0. The van der Waals surface area contributed by atoms with Crippen LogP contribution < -0.4 is 10.9 Å². The summed E-state index contributed by atoms with van der Waals surface area (Å²) in [6.45, 7) is 0. The summed E-state index contributed by atoms with van der Waals surface area (Å²) in [5.74, 6) is 0.360. The van der Waals surface area contributed by atoms with E-state index in [4.69, 9.17) is 0 Å². The number of hydrogen-bond acceptors (Lipinski definition) is 4. The van der Waals surface area contributed by atoms with Crippen LogP contribution in [0.1, 0.15) is 24.8 Å². The van der Waals surface area contributed by atoms with Crippen LogP contribution in [0.4, 0.5) is 0 Å². The molecule has 0 saturated carbocycles. The van der Waals surface area contributed by atoms with E-state index in [-0.39, 0.29) is 4.90 Å². The molecule has 1 aliphatic heterocycles. The molecule has 0 amide bonds. The molecule has 0 bridgehead atoms. The Balaban J connectivity index is 1.85. The van der Waals surface area contributed by atoms with Gasteiger partial charge in [-0.2, -0.15) is 8.42 Å². The lowest BCUT2D eigenvalue weighted by atomic mass is 10.2. The summed E-state index contributed by atoms with van der Waals surface area (Å²) in [5.41, 5.74) is 7.60. The second-order valence-corrected chi connectivity index (χ2v) is 5.86. The number of benzene rings is 1. The molecular weight excluding hydrogens is 250 g/mol. The molecule has 2 aliphatic rings. The molecule has 5 nitrogen and oxygen atoms in total. The van der Waals surface area contributed by atoms with Crippen LogP contribution in [-0.2, 0) is 10.0 Å². The van der Waals surface area contributed by atoms with Crippen LogP contribution >= 0.6 is 0 Å². The van der Waals surface area contributed by atoms with Gasteiger partial charge in [-0.15, -0.1) is 4.40 Å². The van der Waals surface area contributed by atoms with Crippen molar-refractivity contribution in [2.75, 3.05) is 0 Å². The maximum absolute atomic E-state index is 11.8. The summed E-state index contributed by atoms with van der Waals surface area (Å²) in [6.07, 6.45) is 5.27. The van der Waals surface area contributed by atoms with E-state index in [1.807, 2.05) is 0 Å². The van der Waals surface area contributed by atoms with Gasteiger partial charge >= 0.3 is 0 Å². The lowest BCUT2D eigenvalue weighted by Crippen LogP contribution is -2.36. The largest absolute Gasteiger partial charge is 0.304 e. The van der Waals surface area contributed by atoms with Crippen molar-refractivity contribution >= 4 is 15.9 Å². The van der Waals surface area contributed by atoms with Crippen LogP contribution in [0.15, 0.2) is 45.3 Å². The maximum atomic E-state index is 11.8. The van der Waals surface area contributed by atoms with Gasteiger partial charge in [0.15, 0.2) is 5.84 Å². The molecule has 1 aliphatic carbocycles. The van der Waals surface area contributed by atoms with Crippen molar-refractivity contribution in [1.82, 2.24) is 10.9 Å². The lowest BCUT2D eigenvalue weighted by Gasteiger charge is -2.09. The van der Waals surface area contributed by atoms with Gasteiger partial charge < -0.3 is 5.43 Å². The van der Waals surface area contributed by atoms with E-state index < -0.39 is 10.0 Å². The molecule has 1 aromatic rings. The van der Waals surface area contributed by atoms with Gasteiger partial charge in [-0.1, -0.05) is 18.2 Å². The standard InChI is InChI=1S/C12H13N3O2S/c16-18(17)11-8-4-3-7-10(11)12(15-18)14-13-9-5-1-2-6-9/h3-5,7-8,13H,1-2,6H2,(H,14,15). The molecule has 0 aromatic heterocycles. The summed E-state index contributed by atoms with van der Waals surface area (Å²) in [6, 6.07) is 6.81. The van der Waals surface area contributed by atoms with Gasteiger partial charge in [0, 0.05) is 11.3 Å². The van der Waals surface area contributed by atoms with E-state index in [0.29, 0.717) is 11.4 Å². The van der Waals surface area contributed by atoms with Crippen molar-refractivity contribution in [3.8, 4) is 0 Å². The Morgan fingerprint density at radius 1 is 1.17 bits per heavy atom. The van der Waals surface area contributed by atoms with E-state index in [2.05, 4.69) is 21.3 Å². The summed E-state index contributed by atoms with van der Waals surface area (Å²) in [4.78, 5) is 0.259. The van der Waals surface area contributed by atoms with Crippen LogP contribution in [0.25, 0.3) is 0 Å². The molecule has 1 heterocycles. The maximum Gasteiger partial charge on any atom is 0.285 e. The fourth-order valence-electron chi connectivity index (χ4n) is 2.12. The number of nitrogens with zero attached hydrogens (tertiary/aromatic N) is 1. The zero-order valence-electron chi connectivity index (χ0n) is 9.68. The van der Waals surface area contributed by atoms with Gasteiger partial charge in [0.05, 0.1) is 0 Å². The summed E-state index contributed by atoms with van der Waals surface area (Å²) in [7, 11) is -3.53. The highest BCUT2D eigenvalue weighted by Gasteiger charge is 2.28. The van der Waals surface area contributed by atoms with E-state index in [1.54, 1.807) is 24.3 Å². The van der Waals surface area contributed by atoms with Crippen molar-refractivity contribution < 1.29 is 8.42 Å². The molecule has 0 saturated heterocycles. The van der Waals surface area contributed by atoms with Crippen LogP contribution in [0.2, 0.25) is 0 Å². The molecule has 94 valence electrons. The van der Waals surface area contributed by atoms with Gasteiger partial charge in [-0.25, -0.2) is 0 Å². The minimum absolute atomic E-state index is 0.259. The Morgan fingerprint density at radius 3 is 2.78 bits per heavy atom. The van der Waals surface area contributed by atoms with Crippen molar-refractivity contribution in [1.29, 1.82) is 0 Å². The molecule has 6 heteroatoms. The monoisotopic (exact) mass is 263 g/mol. The summed E-state index contributed by atoms with van der Waals surface area (Å²) < 4.78 is 27.3. The third-order valence-electron chi connectivity index (χ3n) is 3.01. The number of nitrogens with one attached hydrogen (secondary N) is 2. The predicted octanol–water partition coefficient (Wildman–Crippen LogP) is 1.30. The molecule has 0 atom stereocenters. The number of rotatable bonds is 2. The number of amidine groups is 1. The highest BCUT2D eigenvalue weighted by molar-refractivity contribution is 7.90. The topological polar surface area (TPSA) is 70.6 Å². The first-order valence-electron chi connectivity index (χ1n) is 5.82. The first kappa shape index (κ1) is 11.3. The van der Waals surface area contributed by atoms with Gasteiger partial charge in [0.1, 0.15) is 4.90 Å². The van der Waals surface area contributed by atoms with Crippen LogP contribution in [0, 0.1) is 0 Å². The zero-order valence-corrected chi connectivity index (χ0v) is 10.5. The molecule has 1 aromatic carbocycles. The van der Waals surface area contributed by atoms with E-state index in [9.17, 15) is 8.42 Å². The number of sulfonamides is 1. The summed E-state index contributed by atoms with van der Waals surface area (Å²) in [5, 5.41) is 0. The van der Waals surface area contributed by atoms with Crippen molar-refractivity contribution in [3.63, 3.8) is 0 Å². The third kappa shape index (κ3) is 1.88. The molecule has 2 N–H and O–H groups in total. The highest BCUT2D eigenvalue weighted by Crippen LogP contribution is 2.24. The Morgan fingerprint density at radius 2 is 2.00 bits per heavy atom. The molecule has 0 unspecified atom stereocenters. The van der Waals surface area contributed by atoms with Gasteiger partial charge in [-0.05, 0) is 31.4 Å². The Labute approximate surface area is 106 Å².